The molecule has 0 aliphatic heterocycles. The fourth-order valence-corrected chi connectivity index (χ4v) is 1.86. The Bertz CT molecular complexity index is 426. The highest BCUT2D eigenvalue weighted by atomic mass is 19.1. The minimum Gasteiger partial charge on any atom is -0.478 e. The number of carbonyl (C=O) groups is 1. The monoisotopic (exact) mass is 257 g/mol. The van der Waals surface area contributed by atoms with Crippen LogP contribution in [0.5, 0.6) is 0 Å². The summed E-state index contributed by atoms with van der Waals surface area (Å²) in [6.45, 7) is 3.86. The molecule has 0 saturated heterocycles. The standard InChI is InChI=1S/C13H17F2NO2/c1-4-5-8(2)16(3)12-10(14)6-9(13(17)18)7-11(12)15/h6-8H,4-5H2,1-3H3,(H,17,18). The first-order valence-corrected chi connectivity index (χ1v) is 5.83. The minimum atomic E-state index is -1.34. The zero-order chi connectivity index (χ0) is 13.9. The zero-order valence-corrected chi connectivity index (χ0v) is 10.7. The second-order valence-electron chi connectivity index (χ2n) is 4.34. The highest BCUT2D eigenvalue weighted by molar-refractivity contribution is 5.88. The SMILES string of the molecule is CCCC(C)N(C)c1c(F)cc(C(=O)O)cc1F. The Morgan fingerprint density at radius 1 is 1.39 bits per heavy atom. The van der Waals surface area contributed by atoms with Crippen LogP contribution >= 0.6 is 0 Å². The number of nitrogens with zero attached hydrogens (tertiary/aromatic N) is 1. The first-order chi connectivity index (χ1) is 8.38. The summed E-state index contributed by atoms with van der Waals surface area (Å²) in [6, 6.07) is 1.67. The molecule has 1 rings (SSSR count). The Balaban J connectivity index is 3.13. The van der Waals surface area contributed by atoms with Crippen LogP contribution in [0.3, 0.4) is 0 Å². The summed E-state index contributed by atoms with van der Waals surface area (Å²) in [5.74, 6) is -3.04. The van der Waals surface area contributed by atoms with Gasteiger partial charge in [0.05, 0.1) is 5.56 Å². The number of carboxylic acid groups (broad SMARTS) is 1. The number of hydrogen-bond donors (Lipinski definition) is 1. The van der Waals surface area contributed by atoms with Crippen LogP contribution in [0.15, 0.2) is 12.1 Å². The Labute approximate surface area is 105 Å². The maximum Gasteiger partial charge on any atom is 0.335 e. The van der Waals surface area contributed by atoms with Gasteiger partial charge in [-0.1, -0.05) is 13.3 Å². The van der Waals surface area contributed by atoms with Crippen molar-refractivity contribution >= 4 is 11.7 Å². The van der Waals surface area contributed by atoms with E-state index in [9.17, 15) is 13.6 Å². The first-order valence-electron chi connectivity index (χ1n) is 5.83. The van der Waals surface area contributed by atoms with Gasteiger partial charge in [0.2, 0.25) is 0 Å². The summed E-state index contributed by atoms with van der Waals surface area (Å²) in [4.78, 5) is 12.2. The Kier molecular flexibility index (Phi) is 4.64. The molecule has 1 unspecified atom stereocenters. The fourth-order valence-electron chi connectivity index (χ4n) is 1.86. The molecule has 1 aromatic carbocycles. The number of hydrogen-bond acceptors (Lipinski definition) is 2. The van der Waals surface area contributed by atoms with Crippen molar-refractivity contribution in [3.63, 3.8) is 0 Å². The van der Waals surface area contributed by atoms with Crippen molar-refractivity contribution in [2.24, 2.45) is 0 Å². The lowest BCUT2D eigenvalue weighted by molar-refractivity contribution is 0.0696. The molecule has 1 aromatic rings. The molecule has 0 radical (unpaired) electrons. The average Bonchev–Trinajstić information content (AvgIpc) is 2.27. The van der Waals surface area contributed by atoms with Gasteiger partial charge in [0.15, 0.2) is 0 Å². The van der Waals surface area contributed by atoms with Crippen molar-refractivity contribution in [3.05, 3.63) is 29.3 Å². The Morgan fingerprint density at radius 2 is 1.89 bits per heavy atom. The van der Waals surface area contributed by atoms with E-state index in [1.807, 2.05) is 13.8 Å². The molecule has 1 N–H and O–H groups in total. The highest BCUT2D eigenvalue weighted by Crippen LogP contribution is 2.26. The summed E-state index contributed by atoms with van der Waals surface area (Å²) in [5, 5.41) is 8.71. The van der Waals surface area contributed by atoms with Gasteiger partial charge in [-0.2, -0.15) is 0 Å². The van der Waals surface area contributed by atoms with E-state index in [0.717, 1.165) is 25.0 Å². The summed E-state index contributed by atoms with van der Waals surface area (Å²) in [7, 11) is 1.60. The van der Waals surface area contributed by atoms with Gasteiger partial charge in [0, 0.05) is 13.1 Å². The largest absolute Gasteiger partial charge is 0.478 e. The van der Waals surface area contributed by atoms with E-state index in [0.29, 0.717) is 0 Å². The third-order valence-electron chi connectivity index (χ3n) is 2.98. The Morgan fingerprint density at radius 3 is 2.28 bits per heavy atom. The molecule has 0 aliphatic carbocycles. The molecule has 5 heteroatoms. The molecule has 0 bridgehead atoms. The molecule has 0 aromatic heterocycles. The van der Waals surface area contributed by atoms with E-state index in [4.69, 9.17) is 5.11 Å². The van der Waals surface area contributed by atoms with E-state index >= 15 is 0 Å². The van der Waals surface area contributed by atoms with Crippen molar-refractivity contribution in [2.75, 3.05) is 11.9 Å². The zero-order valence-electron chi connectivity index (χ0n) is 10.7. The van der Waals surface area contributed by atoms with Gasteiger partial charge >= 0.3 is 5.97 Å². The van der Waals surface area contributed by atoms with E-state index in [-0.39, 0.29) is 17.3 Å². The number of halogens is 2. The van der Waals surface area contributed by atoms with Crippen LogP contribution in [0, 0.1) is 11.6 Å². The van der Waals surface area contributed by atoms with Crippen molar-refractivity contribution in [2.45, 2.75) is 32.7 Å². The molecule has 0 spiro atoms. The van der Waals surface area contributed by atoms with Gasteiger partial charge in [-0.3, -0.25) is 0 Å². The predicted molar refractivity (Wildman–Crippen MR) is 66.1 cm³/mol. The van der Waals surface area contributed by atoms with Gasteiger partial charge in [-0.15, -0.1) is 0 Å². The van der Waals surface area contributed by atoms with Gasteiger partial charge in [-0.25, -0.2) is 13.6 Å². The van der Waals surface area contributed by atoms with Crippen LogP contribution in [0.1, 0.15) is 37.0 Å². The molecule has 0 saturated carbocycles. The van der Waals surface area contributed by atoms with Gasteiger partial charge in [-0.05, 0) is 25.5 Å². The number of aromatic carboxylic acids is 1. The smallest absolute Gasteiger partial charge is 0.335 e. The minimum absolute atomic E-state index is 0.0188. The van der Waals surface area contributed by atoms with Crippen LogP contribution < -0.4 is 4.90 Å². The van der Waals surface area contributed by atoms with Crippen molar-refractivity contribution < 1.29 is 18.7 Å². The topological polar surface area (TPSA) is 40.5 Å². The fraction of sp³-hybridized carbons (Fsp3) is 0.462. The average molecular weight is 257 g/mol. The summed E-state index contributed by atoms with van der Waals surface area (Å²) >= 11 is 0. The molecule has 3 nitrogen and oxygen atoms in total. The summed E-state index contributed by atoms with van der Waals surface area (Å²) in [5.41, 5.74) is -0.564. The van der Waals surface area contributed by atoms with Crippen LogP contribution in [0.4, 0.5) is 14.5 Å². The van der Waals surface area contributed by atoms with E-state index in [1.54, 1.807) is 7.05 Å². The third-order valence-corrected chi connectivity index (χ3v) is 2.98. The predicted octanol–water partition coefficient (Wildman–Crippen LogP) is 3.29. The molecular formula is C13H17F2NO2. The highest BCUT2D eigenvalue weighted by Gasteiger charge is 2.20. The van der Waals surface area contributed by atoms with Gasteiger partial charge < -0.3 is 10.0 Å². The molecule has 18 heavy (non-hydrogen) atoms. The second-order valence-corrected chi connectivity index (χ2v) is 4.34. The molecule has 1 atom stereocenters. The molecule has 0 heterocycles. The van der Waals surface area contributed by atoms with Crippen LogP contribution in [0.2, 0.25) is 0 Å². The number of benzene rings is 1. The summed E-state index contributed by atoms with van der Waals surface area (Å²) in [6.07, 6.45) is 1.71. The Hall–Kier alpha value is -1.65. The van der Waals surface area contributed by atoms with Crippen molar-refractivity contribution in [1.82, 2.24) is 0 Å². The molecule has 0 amide bonds. The van der Waals surface area contributed by atoms with Crippen molar-refractivity contribution in [1.29, 1.82) is 0 Å². The van der Waals surface area contributed by atoms with E-state index in [2.05, 4.69) is 0 Å². The molecule has 100 valence electrons. The van der Waals surface area contributed by atoms with Crippen LogP contribution in [-0.4, -0.2) is 24.2 Å². The van der Waals surface area contributed by atoms with Crippen molar-refractivity contribution in [3.8, 4) is 0 Å². The maximum absolute atomic E-state index is 13.8. The van der Waals surface area contributed by atoms with E-state index < -0.39 is 17.6 Å². The quantitative estimate of drug-likeness (QED) is 0.880. The number of carboxylic acids is 1. The first kappa shape index (κ1) is 14.4. The summed E-state index contributed by atoms with van der Waals surface area (Å²) < 4.78 is 27.6. The number of anilines is 1. The van der Waals surface area contributed by atoms with Gasteiger partial charge in [0.1, 0.15) is 17.3 Å². The van der Waals surface area contributed by atoms with Crippen LogP contribution in [-0.2, 0) is 0 Å². The molecule has 0 aliphatic rings. The number of rotatable bonds is 5. The molecular weight excluding hydrogens is 240 g/mol. The van der Waals surface area contributed by atoms with E-state index in [1.165, 1.54) is 4.90 Å². The van der Waals surface area contributed by atoms with Gasteiger partial charge in [0.25, 0.3) is 0 Å². The lowest BCUT2D eigenvalue weighted by atomic mass is 10.1. The third kappa shape index (κ3) is 2.97. The normalized spacial score (nSPS) is 12.3. The molecule has 0 fully saturated rings. The second kappa shape index (κ2) is 5.80. The lowest BCUT2D eigenvalue weighted by Gasteiger charge is -2.27. The van der Waals surface area contributed by atoms with Crippen LogP contribution in [0.25, 0.3) is 0 Å². The maximum atomic E-state index is 13.8. The lowest BCUT2D eigenvalue weighted by Crippen LogP contribution is -2.30.